The van der Waals surface area contributed by atoms with Crippen LogP contribution in [0.25, 0.3) is 5.69 Å². The third kappa shape index (κ3) is 2.76. The van der Waals surface area contributed by atoms with Crippen molar-refractivity contribution < 1.29 is 22.4 Å². The van der Waals surface area contributed by atoms with Crippen LogP contribution in [-0.4, -0.2) is 15.6 Å². The fraction of sp³-hybridized carbons (Fsp3) is 0.154. The Morgan fingerprint density at radius 1 is 1.33 bits per heavy atom. The van der Waals surface area contributed by atoms with E-state index in [9.17, 15) is 22.4 Å². The van der Waals surface area contributed by atoms with E-state index in [2.05, 4.69) is 5.10 Å². The molecule has 0 radical (unpaired) electrons. The van der Waals surface area contributed by atoms with Crippen LogP contribution in [-0.2, 0) is 6.18 Å². The summed E-state index contributed by atoms with van der Waals surface area (Å²) in [5.41, 5.74) is -1.91. The van der Waals surface area contributed by atoms with Crippen LogP contribution in [0.2, 0.25) is 0 Å². The summed E-state index contributed by atoms with van der Waals surface area (Å²) in [4.78, 5) is 11.4. The number of benzene rings is 1. The van der Waals surface area contributed by atoms with Gasteiger partial charge in [-0.3, -0.25) is 4.79 Å². The van der Waals surface area contributed by atoms with Crippen molar-refractivity contribution in [1.82, 2.24) is 9.78 Å². The molecule has 0 N–H and O–H groups in total. The first-order valence-electron chi connectivity index (χ1n) is 5.62. The third-order valence-corrected chi connectivity index (χ3v) is 2.68. The smallest absolute Gasteiger partial charge is 0.293 e. The molecular weight excluding hydrogens is 290 g/mol. The molecule has 21 heavy (non-hydrogen) atoms. The minimum Gasteiger partial charge on any atom is -0.293 e. The average molecular weight is 297 g/mol. The Bertz CT molecular complexity index is 756. The molecule has 0 fully saturated rings. The van der Waals surface area contributed by atoms with Crippen molar-refractivity contribution in [2.24, 2.45) is 0 Å². The highest BCUT2D eigenvalue weighted by Crippen LogP contribution is 2.30. The molecule has 0 aliphatic heterocycles. The van der Waals surface area contributed by atoms with Gasteiger partial charge in [-0.25, -0.2) is 9.07 Å². The van der Waals surface area contributed by atoms with Gasteiger partial charge in [-0.15, -0.1) is 0 Å². The van der Waals surface area contributed by atoms with Gasteiger partial charge < -0.3 is 0 Å². The predicted octanol–water partition coefficient (Wildman–Crippen LogP) is 3.10. The van der Waals surface area contributed by atoms with Crippen molar-refractivity contribution >= 4 is 5.78 Å². The van der Waals surface area contributed by atoms with Crippen LogP contribution in [0.3, 0.4) is 0 Å². The fourth-order valence-corrected chi connectivity index (χ4v) is 1.70. The number of rotatable bonds is 2. The largest absolute Gasteiger partial charge is 0.435 e. The monoisotopic (exact) mass is 297 g/mol. The van der Waals surface area contributed by atoms with Crippen LogP contribution >= 0.6 is 0 Å². The second kappa shape index (κ2) is 5.01. The van der Waals surface area contributed by atoms with Gasteiger partial charge in [0.2, 0.25) is 0 Å². The van der Waals surface area contributed by atoms with Gasteiger partial charge >= 0.3 is 6.18 Å². The lowest BCUT2D eigenvalue weighted by Gasteiger charge is -2.06. The molecule has 0 spiro atoms. The first-order chi connectivity index (χ1) is 9.74. The van der Waals surface area contributed by atoms with Crippen molar-refractivity contribution in [2.75, 3.05) is 0 Å². The molecule has 1 heterocycles. The van der Waals surface area contributed by atoms with Crippen molar-refractivity contribution in [3.8, 4) is 11.8 Å². The molecular formula is C13H7F4N3O. The van der Waals surface area contributed by atoms with Gasteiger partial charge in [0.1, 0.15) is 17.6 Å². The number of Topliss-reactive ketones (excluding diaryl/α,β-unsaturated/α-hetero) is 1. The van der Waals surface area contributed by atoms with E-state index in [1.807, 2.05) is 0 Å². The lowest BCUT2D eigenvalue weighted by molar-refractivity contribution is -0.141. The maximum atomic E-state index is 13.2. The van der Waals surface area contributed by atoms with E-state index in [1.54, 1.807) is 6.07 Å². The summed E-state index contributed by atoms with van der Waals surface area (Å²) < 4.78 is 52.0. The number of carbonyl (C=O) groups excluding carboxylic acids is 1. The van der Waals surface area contributed by atoms with E-state index in [0.29, 0.717) is 6.07 Å². The SMILES string of the molecule is CC(=O)c1cc(C(F)(F)F)nn1-c1ccc(F)c(C#N)c1. The summed E-state index contributed by atoms with van der Waals surface area (Å²) >= 11 is 0. The number of aromatic nitrogens is 2. The van der Waals surface area contributed by atoms with Crippen LogP contribution in [0.4, 0.5) is 17.6 Å². The Morgan fingerprint density at radius 3 is 2.52 bits per heavy atom. The second-order valence-corrected chi connectivity index (χ2v) is 4.16. The summed E-state index contributed by atoms with van der Waals surface area (Å²) in [5.74, 6) is -1.45. The molecule has 4 nitrogen and oxygen atoms in total. The average Bonchev–Trinajstić information content (AvgIpc) is 2.84. The topological polar surface area (TPSA) is 58.7 Å². The molecule has 1 aromatic carbocycles. The molecule has 0 saturated carbocycles. The van der Waals surface area contributed by atoms with E-state index in [-0.39, 0.29) is 16.9 Å². The van der Waals surface area contributed by atoms with Gasteiger partial charge in [-0.1, -0.05) is 0 Å². The van der Waals surface area contributed by atoms with E-state index in [0.717, 1.165) is 29.8 Å². The Kier molecular flexibility index (Phi) is 3.51. The number of nitriles is 1. The molecule has 0 bridgehead atoms. The van der Waals surface area contributed by atoms with Gasteiger partial charge in [0.05, 0.1) is 11.3 Å². The molecule has 0 atom stereocenters. The molecule has 1 aromatic heterocycles. The lowest BCUT2D eigenvalue weighted by atomic mass is 10.2. The quantitative estimate of drug-likeness (QED) is 0.632. The number of alkyl halides is 3. The Labute approximate surface area is 116 Å². The van der Waals surface area contributed by atoms with Gasteiger partial charge in [0, 0.05) is 13.0 Å². The van der Waals surface area contributed by atoms with Crippen LogP contribution in [0.1, 0.15) is 28.7 Å². The summed E-state index contributed by atoms with van der Waals surface area (Å²) in [6.45, 7) is 1.09. The van der Waals surface area contributed by atoms with E-state index >= 15 is 0 Å². The van der Waals surface area contributed by atoms with E-state index < -0.39 is 23.5 Å². The number of halogens is 4. The number of hydrogen-bond acceptors (Lipinski definition) is 3. The predicted molar refractivity (Wildman–Crippen MR) is 63.2 cm³/mol. The molecule has 8 heteroatoms. The molecule has 0 aliphatic carbocycles. The first-order valence-corrected chi connectivity index (χ1v) is 5.62. The number of ketones is 1. The van der Waals surface area contributed by atoms with Crippen LogP contribution in [0, 0.1) is 17.1 Å². The highest BCUT2D eigenvalue weighted by Gasteiger charge is 2.35. The van der Waals surface area contributed by atoms with Crippen molar-refractivity contribution in [1.29, 1.82) is 5.26 Å². The zero-order chi connectivity index (χ0) is 15.8. The Balaban J connectivity index is 2.66. The molecule has 2 aromatic rings. The third-order valence-electron chi connectivity index (χ3n) is 2.68. The lowest BCUT2D eigenvalue weighted by Crippen LogP contribution is -2.09. The second-order valence-electron chi connectivity index (χ2n) is 4.16. The van der Waals surface area contributed by atoms with Gasteiger partial charge in [0.15, 0.2) is 11.5 Å². The minimum absolute atomic E-state index is 0.00588. The molecule has 0 unspecified atom stereocenters. The maximum Gasteiger partial charge on any atom is 0.435 e. The van der Waals surface area contributed by atoms with Crippen LogP contribution < -0.4 is 0 Å². The minimum atomic E-state index is -4.71. The standard InChI is InChI=1S/C13H7F4N3O/c1-7(21)11-5-12(13(15,16)17)19-20(11)9-2-3-10(14)8(4-9)6-18/h2-5H,1H3. The molecule has 108 valence electrons. The van der Waals surface area contributed by atoms with E-state index in [4.69, 9.17) is 5.26 Å². The highest BCUT2D eigenvalue weighted by atomic mass is 19.4. The molecule has 0 amide bonds. The van der Waals surface area contributed by atoms with Gasteiger partial charge in [-0.05, 0) is 18.2 Å². The Hall–Kier alpha value is -2.69. The van der Waals surface area contributed by atoms with Crippen LogP contribution in [0.5, 0.6) is 0 Å². The summed E-state index contributed by atoms with van der Waals surface area (Å²) in [7, 11) is 0. The summed E-state index contributed by atoms with van der Waals surface area (Å²) in [6.07, 6.45) is -4.71. The van der Waals surface area contributed by atoms with Crippen molar-refractivity contribution in [3.63, 3.8) is 0 Å². The molecule has 2 rings (SSSR count). The fourth-order valence-electron chi connectivity index (χ4n) is 1.70. The van der Waals surface area contributed by atoms with Crippen molar-refractivity contribution in [3.05, 3.63) is 47.0 Å². The number of hydrogen-bond donors (Lipinski definition) is 0. The normalized spacial score (nSPS) is 11.2. The van der Waals surface area contributed by atoms with Crippen LogP contribution in [0.15, 0.2) is 24.3 Å². The zero-order valence-corrected chi connectivity index (χ0v) is 10.6. The highest BCUT2D eigenvalue weighted by molar-refractivity contribution is 5.93. The zero-order valence-electron chi connectivity index (χ0n) is 10.6. The number of nitrogens with zero attached hydrogens (tertiary/aromatic N) is 3. The van der Waals surface area contributed by atoms with E-state index in [1.165, 1.54) is 0 Å². The van der Waals surface area contributed by atoms with Gasteiger partial charge in [-0.2, -0.15) is 23.5 Å². The maximum absolute atomic E-state index is 13.2. The first kappa shape index (κ1) is 14.7. The Morgan fingerprint density at radius 2 is 2.00 bits per heavy atom. The van der Waals surface area contributed by atoms with Gasteiger partial charge in [0.25, 0.3) is 0 Å². The number of carbonyl (C=O) groups is 1. The van der Waals surface area contributed by atoms with Crippen molar-refractivity contribution in [2.45, 2.75) is 13.1 Å². The summed E-state index contributed by atoms with van der Waals surface area (Å²) in [5, 5.41) is 12.1. The molecule has 0 saturated heterocycles. The molecule has 0 aliphatic rings. The summed E-state index contributed by atoms with van der Waals surface area (Å²) in [6, 6.07) is 5.26.